The van der Waals surface area contributed by atoms with Gasteiger partial charge in [0.2, 0.25) is 0 Å². The largest absolute Gasteiger partial charge is 0.456 e. The smallest absolute Gasteiger partial charge is 0.135 e. The van der Waals surface area contributed by atoms with E-state index in [9.17, 15) is 0 Å². The van der Waals surface area contributed by atoms with Crippen LogP contribution in [0, 0.1) is 0 Å². The van der Waals surface area contributed by atoms with Gasteiger partial charge in [0, 0.05) is 44.6 Å². The van der Waals surface area contributed by atoms with E-state index in [2.05, 4.69) is 343 Å². The fourth-order valence-corrected chi connectivity index (χ4v) is 16.6. The Morgan fingerprint density at radius 1 is 0.264 bits per heavy atom. The highest BCUT2D eigenvalue weighted by Gasteiger charge is 2.55. The van der Waals surface area contributed by atoms with Gasteiger partial charge in [-0.3, -0.25) is 0 Å². The van der Waals surface area contributed by atoms with Gasteiger partial charge >= 0.3 is 0 Å². The predicted molar refractivity (Wildman–Crippen MR) is 379 cm³/mol. The Bertz CT molecular complexity index is 4930. The average molecular weight is 1170 g/mol. The Morgan fingerprint density at radius 2 is 0.604 bits per heavy atom. The van der Waals surface area contributed by atoms with Gasteiger partial charge in [-0.2, -0.15) is 0 Å². The Hall–Kier alpha value is -10.7. The monoisotopic (exact) mass is 1170 g/mol. The van der Waals surface area contributed by atoms with Gasteiger partial charge in [0.05, 0.1) is 22.2 Å². The van der Waals surface area contributed by atoms with Crippen molar-refractivity contribution in [3.05, 3.63) is 347 Å². The second kappa shape index (κ2) is 19.4. The van der Waals surface area contributed by atoms with Crippen molar-refractivity contribution in [3.8, 4) is 55.6 Å². The summed E-state index contributed by atoms with van der Waals surface area (Å²) in [6.07, 6.45) is 0. The van der Waals surface area contributed by atoms with E-state index in [1.54, 1.807) is 0 Å². The van der Waals surface area contributed by atoms with Crippen molar-refractivity contribution in [1.29, 1.82) is 0 Å². The third kappa shape index (κ3) is 7.49. The minimum atomic E-state index is -0.629. The van der Waals surface area contributed by atoms with Gasteiger partial charge in [0.15, 0.2) is 0 Å². The molecule has 4 aliphatic rings. The molecule has 0 aliphatic heterocycles. The third-order valence-electron chi connectivity index (χ3n) is 20.6. The van der Waals surface area contributed by atoms with Crippen LogP contribution in [-0.2, 0) is 21.7 Å². The van der Waals surface area contributed by atoms with E-state index in [4.69, 9.17) is 4.42 Å². The van der Waals surface area contributed by atoms with E-state index in [1.807, 2.05) is 0 Å². The SMILES string of the molecule is CC(C)(C)c1ccc(N(c2cc(-c3ccc4oc5ccccc5c4c3)cc(N(c3ccc(C(C)(C)C)cc3)c3cccc4c3C3(c5ccccc5-c5ccccc53)c3ccccc3-4)c2)c2cccc3c2C2(c4ccccc4-c4ccccc42)c2ccccc2-3)cc1. The zero-order valence-electron chi connectivity index (χ0n) is 52.0. The molecule has 13 aromatic carbocycles. The molecule has 0 atom stereocenters. The molecule has 0 saturated heterocycles. The maximum Gasteiger partial charge on any atom is 0.135 e. The summed E-state index contributed by atoms with van der Waals surface area (Å²) >= 11 is 0. The van der Waals surface area contributed by atoms with E-state index in [-0.39, 0.29) is 10.8 Å². The number of para-hydroxylation sites is 1. The van der Waals surface area contributed by atoms with Crippen LogP contribution in [0.1, 0.15) is 97.2 Å². The van der Waals surface area contributed by atoms with Crippen LogP contribution >= 0.6 is 0 Å². The first-order valence-corrected chi connectivity index (χ1v) is 32.1. The standard InChI is InChI=1S/C88H66N2O/c1-85(2,3)57-42-46-59(47-43-57)89(79-38-21-30-70-67-27-11-18-36-77(67)87(83(70)79)73-32-14-7-23-63(73)64-24-8-15-33-74(64)87)61-51-56(55-41-50-82-72(53-55)69-29-13-20-40-81(69)91-82)52-62(54-61)90(60-48-44-58(45-49-60)86(4,5)6)80-39-22-31-71-68-28-12-19-37-78(68)88(84(71)80)75-34-16-9-25-65(75)66-26-10-17-35-76(66)88/h7-54H,1-6H3. The molecule has 0 bridgehead atoms. The number of hydrogen-bond donors (Lipinski definition) is 0. The summed E-state index contributed by atoms with van der Waals surface area (Å²) in [7, 11) is 0. The number of rotatable bonds is 7. The molecule has 1 heterocycles. The van der Waals surface area contributed by atoms with Crippen LogP contribution in [0.25, 0.3) is 77.6 Å². The number of furan rings is 1. The quantitative estimate of drug-likeness (QED) is 0.159. The molecule has 3 heteroatoms. The molecule has 3 nitrogen and oxygen atoms in total. The van der Waals surface area contributed by atoms with Crippen molar-refractivity contribution < 1.29 is 4.42 Å². The van der Waals surface area contributed by atoms with Crippen molar-refractivity contribution in [1.82, 2.24) is 0 Å². The first-order valence-electron chi connectivity index (χ1n) is 32.1. The van der Waals surface area contributed by atoms with Crippen LogP contribution in [0.3, 0.4) is 0 Å². The number of nitrogens with zero attached hydrogens (tertiary/aromatic N) is 2. The van der Waals surface area contributed by atoms with Crippen LogP contribution < -0.4 is 9.80 Å². The topological polar surface area (TPSA) is 19.6 Å². The Morgan fingerprint density at radius 3 is 1.00 bits per heavy atom. The summed E-state index contributed by atoms with van der Waals surface area (Å²) in [6.45, 7) is 13.9. The highest BCUT2D eigenvalue weighted by molar-refractivity contribution is 6.07. The van der Waals surface area contributed by atoms with Gasteiger partial charge in [-0.25, -0.2) is 0 Å². The minimum Gasteiger partial charge on any atom is -0.456 e. The Balaban J connectivity index is 0.970. The predicted octanol–water partition coefficient (Wildman–Crippen LogP) is 23.5. The number of hydrogen-bond acceptors (Lipinski definition) is 3. The molecule has 0 saturated carbocycles. The van der Waals surface area contributed by atoms with Gasteiger partial charge in [0.1, 0.15) is 11.2 Å². The lowest BCUT2D eigenvalue weighted by Crippen LogP contribution is -2.28. The summed E-state index contributed by atoms with van der Waals surface area (Å²) in [5, 5.41) is 2.18. The summed E-state index contributed by atoms with van der Waals surface area (Å²) in [5.41, 5.74) is 32.0. The van der Waals surface area contributed by atoms with Crippen LogP contribution in [0.4, 0.5) is 34.1 Å². The molecule has 0 amide bonds. The first-order chi connectivity index (χ1) is 44.4. The maximum absolute atomic E-state index is 6.58. The van der Waals surface area contributed by atoms with Crippen LogP contribution in [0.5, 0.6) is 0 Å². The molecule has 0 N–H and O–H groups in total. The second-order valence-electron chi connectivity index (χ2n) is 27.5. The van der Waals surface area contributed by atoms with Gasteiger partial charge in [0.25, 0.3) is 0 Å². The molecule has 434 valence electrons. The molecular formula is C88H66N2O. The van der Waals surface area contributed by atoms with Crippen molar-refractivity contribution in [2.24, 2.45) is 0 Å². The lowest BCUT2D eigenvalue weighted by Gasteiger charge is -2.37. The molecule has 0 radical (unpaired) electrons. The number of anilines is 6. The second-order valence-corrected chi connectivity index (χ2v) is 27.5. The molecular weight excluding hydrogens is 1100 g/mol. The molecule has 14 aromatic rings. The van der Waals surface area contributed by atoms with E-state index >= 15 is 0 Å². The molecule has 1 aromatic heterocycles. The van der Waals surface area contributed by atoms with Crippen molar-refractivity contribution >= 4 is 56.1 Å². The van der Waals surface area contributed by atoms with E-state index in [0.29, 0.717) is 0 Å². The maximum atomic E-state index is 6.58. The highest BCUT2D eigenvalue weighted by atomic mass is 16.3. The van der Waals surface area contributed by atoms with E-state index in [0.717, 1.165) is 67.2 Å². The zero-order valence-corrected chi connectivity index (χ0v) is 52.0. The molecule has 0 unspecified atom stereocenters. The Labute approximate surface area is 532 Å². The number of fused-ring (bicyclic) bond motifs is 23. The number of benzene rings is 13. The Kier molecular flexibility index (Phi) is 11.4. The minimum absolute atomic E-state index is 0.0698. The summed E-state index contributed by atoms with van der Waals surface area (Å²) in [5.74, 6) is 0. The molecule has 18 rings (SSSR count). The van der Waals surface area contributed by atoms with E-state index in [1.165, 1.54) is 100 Å². The lowest BCUT2D eigenvalue weighted by molar-refractivity contribution is 0.590. The fourth-order valence-electron chi connectivity index (χ4n) is 16.6. The van der Waals surface area contributed by atoms with Gasteiger partial charge < -0.3 is 14.2 Å². The van der Waals surface area contributed by atoms with Crippen molar-refractivity contribution in [3.63, 3.8) is 0 Å². The summed E-state index contributed by atoms with van der Waals surface area (Å²) < 4.78 is 6.58. The van der Waals surface area contributed by atoms with Gasteiger partial charge in [-0.05, 0) is 184 Å². The average Bonchev–Trinajstić information content (AvgIpc) is 1.52. The summed E-state index contributed by atoms with van der Waals surface area (Å²) in [6, 6.07) is 111. The normalized spacial score (nSPS) is 14.0. The zero-order chi connectivity index (χ0) is 61.1. The van der Waals surface area contributed by atoms with Crippen LogP contribution in [0.2, 0.25) is 0 Å². The highest BCUT2D eigenvalue weighted by Crippen LogP contribution is 2.68. The molecule has 4 aliphatic carbocycles. The van der Waals surface area contributed by atoms with E-state index < -0.39 is 10.8 Å². The van der Waals surface area contributed by atoms with Gasteiger partial charge in [-0.15, -0.1) is 0 Å². The first kappa shape index (κ1) is 53.3. The van der Waals surface area contributed by atoms with Crippen LogP contribution in [0.15, 0.2) is 296 Å². The summed E-state index contributed by atoms with van der Waals surface area (Å²) in [4.78, 5) is 5.19. The molecule has 91 heavy (non-hydrogen) atoms. The lowest BCUT2D eigenvalue weighted by atomic mass is 9.70. The van der Waals surface area contributed by atoms with Crippen LogP contribution in [-0.4, -0.2) is 0 Å². The molecule has 2 spiro atoms. The molecule has 0 fully saturated rings. The van der Waals surface area contributed by atoms with Gasteiger partial charge in [-0.1, -0.05) is 260 Å². The van der Waals surface area contributed by atoms with Crippen molar-refractivity contribution in [2.45, 2.75) is 63.2 Å². The van der Waals surface area contributed by atoms with Crippen molar-refractivity contribution in [2.75, 3.05) is 9.80 Å². The third-order valence-corrected chi connectivity index (χ3v) is 20.6. The fraction of sp³-hybridized carbons (Fsp3) is 0.114.